The van der Waals surface area contributed by atoms with Gasteiger partial charge in [-0.3, -0.25) is 13.8 Å². The van der Waals surface area contributed by atoms with Crippen LogP contribution in [0.4, 0.5) is 0 Å². The van der Waals surface area contributed by atoms with E-state index >= 15 is 0 Å². The summed E-state index contributed by atoms with van der Waals surface area (Å²) in [6.07, 6.45) is 1.65. The van der Waals surface area contributed by atoms with Gasteiger partial charge in [-0.1, -0.05) is 64.1 Å². The molecule has 0 spiro atoms. The molecule has 0 aliphatic carbocycles. The monoisotopic (exact) mass is 376 g/mol. The molecule has 2 aromatic carbocycles. The Morgan fingerprint density at radius 2 is 1.36 bits per heavy atom. The Morgan fingerprint density at radius 1 is 0.840 bits per heavy atom. The molecule has 0 fully saturated rings. The lowest BCUT2D eigenvalue weighted by Gasteiger charge is -2.06. The number of benzene rings is 2. The minimum Gasteiger partial charge on any atom is -0.298 e. The molecule has 25 heavy (non-hydrogen) atoms. The smallest absolute Gasteiger partial charge is 0.151 e. The van der Waals surface area contributed by atoms with Crippen LogP contribution in [-0.2, 0) is 10.8 Å². The number of aldehydes is 2. The molecule has 1 atom stereocenters. The van der Waals surface area contributed by atoms with Gasteiger partial charge in [0.15, 0.2) is 12.6 Å². The molecule has 0 radical (unpaired) electrons. The Labute approximate surface area is 156 Å². The summed E-state index contributed by atoms with van der Waals surface area (Å²) in [5.41, 5.74) is 1.31. The first kappa shape index (κ1) is 21.3. The highest BCUT2D eigenvalue weighted by atomic mass is 32.2. The molecular weight excluding hydrogens is 352 g/mol. The summed E-state index contributed by atoms with van der Waals surface area (Å²) in [6, 6.07) is 14.6. The Morgan fingerprint density at radius 3 is 1.88 bits per heavy atom. The molecule has 0 aromatic heterocycles. The van der Waals surface area contributed by atoms with Crippen molar-refractivity contribution in [3.8, 4) is 0 Å². The van der Waals surface area contributed by atoms with E-state index in [1.807, 2.05) is 38.1 Å². The highest BCUT2D eigenvalue weighted by Gasteiger charge is 2.11. The molecule has 0 aliphatic heterocycles. The van der Waals surface area contributed by atoms with Crippen LogP contribution in [0.15, 0.2) is 58.3 Å². The van der Waals surface area contributed by atoms with Crippen molar-refractivity contribution in [3.63, 3.8) is 0 Å². The van der Waals surface area contributed by atoms with E-state index in [-0.39, 0.29) is 5.25 Å². The van der Waals surface area contributed by atoms with E-state index in [4.69, 9.17) is 0 Å². The normalized spacial score (nSPS) is 11.6. The highest BCUT2D eigenvalue weighted by molar-refractivity contribution is 8.00. The highest BCUT2D eigenvalue weighted by Crippen LogP contribution is 2.25. The maximum absolute atomic E-state index is 11.7. The molecule has 0 amide bonds. The average Bonchev–Trinajstić information content (AvgIpc) is 2.61. The summed E-state index contributed by atoms with van der Waals surface area (Å²) < 4.78 is 11.7. The molecule has 1 unspecified atom stereocenters. The van der Waals surface area contributed by atoms with E-state index in [0.29, 0.717) is 15.7 Å². The van der Waals surface area contributed by atoms with Gasteiger partial charge in [0, 0.05) is 31.4 Å². The lowest BCUT2D eigenvalue weighted by atomic mass is 10.2. The van der Waals surface area contributed by atoms with Crippen LogP contribution in [0.2, 0.25) is 0 Å². The SMILES string of the molecule is CC(C)S(=O)c1ccccc1C=O.CC(C)Sc1ccccc1C=O. The lowest BCUT2D eigenvalue weighted by Crippen LogP contribution is -2.07. The summed E-state index contributed by atoms with van der Waals surface area (Å²) in [5, 5.41) is 0.562. The lowest BCUT2D eigenvalue weighted by molar-refractivity contribution is 0.111. The second kappa shape index (κ2) is 11.0. The van der Waals surface area contributed by atoms with E-state index in [9.17, 15) is 13.8 Å². The third-order valence-corrected chi connectivity index (χ3v) is 5.86. The number of rotatable bonds is 6. The topological polar surface area (TPSA) is 51.2 Å². The van der Waals surface area contributed by atoms with E-state index in [1.54, 1.807) is 36.0 Å². The van der Waals surface area contributed by atoms with Crippen molar-refractivity contribution in [3.05, 3.63) is 59.7 Å². The van der Waals surface area contributed by atoms with E-state index in [2.05, 4.69) is 13.8 Å². The first-order valence-electron chi connectivity index (χ1n) is 8.06. The maximum Gasteiger partial charge on any atom is 0.151 e. The molecule has 2 rings (SSSR count). The Balaban J connectivity index is 0.000000251. The predicted molar refractivity (Wildman–Crippen MR) is 106 cm³/mol. The van der Waals surface area contributed by atoms with Crippen LogP contribution < -0.4 is 0 Å². The van der Waals surface area contributed by atoms with Crippen LogP contribution in [0.3, 0.4) is 0 Å². The fourth-order valence-electron chi connectivity index (χ4n) is 1.95. The zero-order chi connectivity index (χ0) is 18.8. The average molecular weight is 377 g/mol. The molecule has 0 aliphatic rings. The minimum absolute atomic E-state index is 0.0427. The predicted octanol–water partition coefficient (Wildman–Crippen LogP) is 5.01. The zero-order valence-electron chi connectivity index (χ0n) is 15.0. The molecule has 0 bridgehead atoms. The summed E-state index contributed by atoms with van der Waals surface area (Å²) in [4.78, 5) is 22.9. The van der Waals surface area contributed by atoms with E-state index in [0.717, 1.165) is 23.0 Å². The van der Waals surface area contributed by atoms with Gasteiger partial charge in [0.1, 0.15) is 0 Å². The van der Waals surface area contributed by atoms with Crippen molar-refractivity contribution in [2.75, 3.05) is 0 Å². The van der Waals surface area contributed by atoms with Crippen LogP contribution >= 0.6 is 11.8 Å². The number of carbonyl (C=O) groups is 2. The first-order valence-corrected chi connectivity index (χ1v) is 10.2. The summed E-state index contributed by atoms with van der Waals surface area (Å²) in [6.45, 7) is 7.98. The molecule has 0 N–H and O–H groups in total. The van der Waals surface area contributed by atoms with Gasteiger partial charge < -0.3 is 0 Å². The Kier molecular flexibility index (Phi) is 9.39. The van der Waals surface area contributed by atoms with Gasteiger partial charge in [0.2, 0.25) is 0 Å². The molecule has 0 heterocycles. The first-order chi connectivity index (χ1) is 11.9. The molecule has 0 saturated carbocycles. The summed E-state index contributed by atoms with van der Waals surface area (Å²) in [5.74, 6) is 0. The van der Waals surface area contributed by atoms with Crippen molar-refractivity contribution in [1.82, 2.24) is 0 Å². The van der Waals surface area contributed by atoms with Gasteiger partial charge in [-0.25, -0.2) is 0 Å². The van der Waals surface area contributed by atoms with Crippen LogP contribution in [0.25, 0.3) is 0 Å². The quantitative estimate of drug-likeness (QED) is 0.525. The molecular formula is C20H24O3S2. The molecule has 134 valence electrons. The van der Waals surface area contributed by atoms with Gasteiger partial charge in [0.05, 0.1) is 10.8 Å². The van der Waals surface area contributed by atoms with E-state index < -0.39 is 10.8 Å². The third kappa shape index (κ3) is 6.96. The minimum atomic E-state index is -1.08. The summed E-state index contributed by atoms with van der Waals surface area (Å²) >= 11 is 1.72. The fourth-order valence-corrected chi connectivity index (χ4v) is 3.94. The number of hydrogen-bond donors (Lipinski definition) is 0. The van der Waals surface area contributed by atoms with Crippen molar-refractivity contribution in [2.24, 2.45) is 0 Å². The fraction of sp³-hybridized carbons (Fsp3) is 0.300. The summed E-state index contributed by atoms with van der Waals surface area (Å²) in [7, 11) is -1.08. The standard InChI is InChI=1S/C10H12O2S.C10H12OS/c1-8(2)13(12)10-6-4-3-5-9(10)7-11;1-8(2)12-10-6-4-3-5-9(10)7-11/h3-8H,1-2H3;3-8H,1-2H3. The Hall–Kier alpha value is -1.72. The third-order valence-electron chi connectivity index (χ3n) is 3.10. The van der Waals surface area contributed by atoms with Gasteiger partial charge in [-0.2, -0.15) is 0 Å². The van der Waals surface area contributed by atoms with Gasteiger partial charge >= 0.3 is 0 Å². The molecule has 5 heteroatoms. The zero-order valence-corrected chi connectivity index (χ0v) is 16.6. The second-order valence-electron chi connectivity index (χ2n) is 5.82. The number of hydrogen-bond acceptors (Lipinski definition) is 4. The van der Waals surface area contributed by atoms with Crippen LogP contribution in [-0.4, -0.2) is 27.3 Å². The van der Waals surface area contributed by atoms with Gasteiger partial charge in [-0.05, 0) is 12.1 Å². The maximum atomic E-state index is 11.7. The molecule has 0 saturated heterocycles. The van der Waals surface area contributed by atoms with Crippen molar-refractivity contribution < 1.29 is 13.8 Å². The van der Waals surface area contributed by atoms with Crippen LogP contribution in [0, 0.1) is 0 Å². The van der Waals surface area contributed by atoms with Crippen LogP contribution in [0.5, 0.6) is 0 Å². The number of thioether (sulfide) groups is 1. The van der Waals surface area contributed by atoms with Gasteiger partial charge in [-0.15, -0.1) is 11.8 Å². The number of carbonyl (C=O) groups excluding carboxylic acids is 2. The van der Waals surface area contributed by atoms with Crippen LogP contribution in [0.1, 0.15) is 48.4 Å². The Bertz CT molecular complexity index is 724. The largest absolute Gasteiger partial charge is 0.298 e. The van der Waals surface area contributed by atoms with Crippen molar-refractivity contribution in [1.29, 1.82) is 0 Å². The van der Waals surface area contributed by atoms with E-state index in [1.165, 1.54) is 0 Å². The molecule has 2 aromatic rings. The second-order valence-corrected chi connectivity index (χ2v) is 9.42. The van der Waals surface area contributed by atoms with Crippen molar-refractivity contribution >= 4 is 35.1 Å². The van der Waals surface area contributed by atoms with Crippen molar-refractivity contribution in [2.45, 2.75) is 48.0 Å². The van der Waals surface area contributed by atoms with Gasteiger partial charge in [0.25, 0.3) is 0 Å². The molecule has 3 nitrogen and oxygen atoms in total.